The maximum Gasteiger partial charge on any atom is 0.255 e. The summed E-state index contributed by atoms with van der Waals surface area (Å²) in [5.74, 6) is 0.0160. The lowest BCUT2D eigenvalue weighted by Crippen LogP contribution is -2.53. The summed E-state index contributed by atoms with van der Waals surface area (Å²) < 4.78 is 0. The third kappa shape index (κ3) is 1.85. The van der Waals surface area contributed by atoms with Crippen molar-refractivity contribution in [2.24, 2.45) is 0 Å². The van der Waals surface area contributed by atoms with Gasteiger partial charge >= 0.3 is 0 Å². The summed E-state index contributed by atoms with van der Waals surface area (Å²) >= 11 is 6.13. The fraction of sp³-hybridized carbons (Fsp3) is 0.462. The highest BCUT2D eigenvalue weighted by atomic mass is 35.5. The van der Waals surface area contributed by atoms with Gasteiger partial charge in [-0.25, -0.2) is 0 Å². The van der Waals surface area contributed by atoms with Gasteiger partial charge in [0.05, 0.1) is 11.3 Å². The molecule has 3 rings (SSSR count). The molecule has 96 valence electrons. The molecule has 1 atom stereocenters. The van der Waals surface area contributed by atoms with E-state index >= 15 is 0 Å². The van der Waals surface area contributed by atoms with Crippen molar-refractivity contribution in [2.75, 3.05) is 24.5 Å². The van der Waals surface area contributed by atoms with Crippen molar-refractivity contribution in [1.82, 2.24) is 10.6 Å². The predicted octanol–water partition coefficient (Wildman–Crippen LogP) is 1.52. The van der Waals surface area contributed by atoms with E-state index in [0.717, 1.165) is 42.9 Å². The molecule has 5 heteroatoms. The van der Waals surface area contributed by atoms with Gasteiger partial charge in [0, 0.05) is 18.1 Å². The molecule has 0 saturated carbocycles. The Morgan fingerprint density at radius 3 is 3.06 bits per heavy atom. The summed E-state index contributed by atoms with van der Waals surface area (Å²) in [7, 11) is 0. The van der Waals surface area contributed by atoms with Gasteiger partial charge in [-0.05, 0) is 37.6 Å². The summed E-state index contributed by atoms with van der Waals surface area (Å²) in [6, 6.07) is 3.75. The van der Waals surface area contributed by atoms with Crippen LogP contribution in [0.3, 0.4) is 0 Å². The number of nitrogens with one attached hydrogen (secondary N) is 2. The first kappa shape index (κ1) is 11.8. The van der Waals surface area contributed by atoms with E-state index in [2.05, 4.69) is 15.5 Å². The Hall–Kier alpha value is -1.26. The van der Waals surface area contributed by atoms with Crippen LogP contribution >= 0.6 is 11.6 Å². The molecule has 2 N–H and O–H groups in total. The lowest BCUT2D eigenvalue weighted by atomic mass is 10.0. The highest BCUT2D eigenvalue weighted by molar-refractivity contribution is 6.31. The van der Waals surface area contributed by atoms with Gasteiger partial charge < -0.3 is 15.5 Å². The number of halogens is 1. The molecule has 1 aromatic carbocycles. The average molecular weight is 266 g/mol. The van der Waals surface area contributed by atoms with Crippen molar-refractivity contribution in [2.45, 2.75) is 19.5 Å². The number of hydrogen-bond donors (Lipinski definition) is 2. The van der Waals surface area contributed by atoms with Gasteiger partial charge in [-0.15, -0.1) is 0 Å². The topological polar surface area (TPSA) is 44.4 Å². The van der Waals surface area contributed by atoms with E-state index in [1.807, 2.05) is 19.1 Å². The number of carbonyl (C=O) groups excluding carboxylic acids is 1. The lowest BCUT2D eigenvalue weighted by Gasteiger charge is -2.38. The summed E-state index contributed by atoms with van der Waals surface area (Å²) in [5.41, 5.74) is 2.67. The van der Waals surface area contributed by atoms with Gasteiger partial charge in [0.2, 0.25) is 0 Å². The Balaban J connectivity index is 2.12. The number of fused-ring (bicyclic) bond motifs is 3. The van der Waals surface area contributed by atoms with Crippen LogP contribution in [0.2, 0.25) is 5.02 Å². The molecule has 2 heterocycles. The second kappa shape index (κ2) is 4.44. The SMILES string of the molecule is Cc1cc(Cl)cc2c1C(=O)N[C@H]1CCNCCN21. The van der Waals surface area contributed by atoms with Crippen molar-refractivity contribution in [3.05, 3.63) is 28.3 Å². The standard InChI is InChI=1S/C13H16ClN3O/c1-8-6-9(14)7-10-12(8)13(18)16-11-2-3-15-4-5-17(10)11/h6-7,11,15H,2-5H2,1H3,(H,16,18)/t11-/m1/s1. The predicted molar refractivity (Wildman–Crippen MR) is 72.3 cm³/mol. The lowest BCUT2D eigenvalue weighted by molar-refractivity contribution is 0.0925. The Kier molecular flexibility index (Phi) is 2.92. The van der Waals surface area contributed by atoms with Crippen molar-refractivity contribution < 1.29 is 4.79 Å². The molecular formula is C13H16ClN3O. The molecule has 2 aliphatic heterocycles. The number of anilines is 1. The second-order valence-electron chi connectivity index (χ2n) is 4.84. The average Bonchev–Trinajstić information content (AvgIpc) is 2.53. The van der Waals surface area contributed by atoms with E-state index in [1.165, 1.54) is 0 Å². The summed E-state index contributed by atoms with van der Waals surface area (Å²) in [4.78, 5) is 14.4. The quantitative estimate of drug-likeness (QED) is 0.748. The molecule has 0 spiro atoms. The fourth-order valence-corrected chi connectivity index (χ4v) is 3.05. The van der Waals surface area contributed by atoms with E-state index in [1.54, 1.807) is 0 Å². The number of benzene rings is 1. The number of aryl methyl sites for hydroxylation is 1. The smallest absolute Gasteiger partial charge is 0.255 e. The number of hydrogen-bond acceptors (Lipinski definition) is 3. The van der Waals surface area contributed by atoms with Crippen LogP contribution < -0.4 is 15.5 Å². The van der Waals surface area contributed by atoms with Crippen LogP contribution in [0.1, 0.15) is 22.3 Å². The Morgan fingerprint density at radius 2 is 2.22 bits per heavy atom. The van der Waals surface area contributed by atoms with E-state index in [-0.39, 0.29) is 12.1 Å². The van der Waals surface area contributed by atoms with Crippen LogP contribution in [-0.2, 0) is 0 Å². The second-order valence-corrected chi connectivity index (χ2v) is 5.27. The molecule has 0 aromatic heterocycles. The normalized spacial score (nSPS) is 22.9. The molecule has 0 radical (unpaired) electrons. The zero-order chi connectivity index (χ0) is 12.7. The van der Waals surface area contributed by atoms with Crippen LogP contribution in [0.4, 0.5) is 5.69 Å². The molecule has 1 saturated heterocycles. The maximum absolute atomic E-state index is 12.2. The van der Waals surface area contributed by atoms with E-state index in [0.29, 0.717) is 5.02 Å². The first-order valence-electron chi connectivity index (χ1n) is 6.25. The number of rotatable bonds is 0. The number of carbonyl (C=O) groups is 1. The zero-order valence-electron chi connectivity index (χ0n) is 10.3. The van der Waals surface area contributed by atoms with E-state index in [9.17, 15) is 4.79 Å². The largest absolute Gasteiger partial charge is 0.349 e. The minimum atomic E-state index is 0.0160. The summed E-state index contributed by atoms with van der Waals surface area (Å²) in [6.07, 6.45) is 0.995. The van der Waals surface area contributed by atoms with Crippen molar-refractivity contribution in [3.8, 4) is 0 Å². The van der Waals surface area contributed by atoms with Crippen molar-refractivity contribution in [3.63, 3.8) is 0 Å². The minimum Gasteiger partial charge on any atom is -0.349 e. The van der Waals surface area contributed by atoms with Gasteiger partial charge in [0.25, 0.3) is 5.91 Å². The number of nitrogens with zero attached hydrogens (tertiary/aromatic N) is 1. The molecule has 1 amide bonds. The molecule has 0 aliphatic carbocycles. The highest BCUT2D eigenvalue weighted by Crippen LogP contribution is 2.32. The Bertz CT molecular complexity index is 503. The van der Waals surface area contributed by atoms with E-state index in [4.69, 9.17) is 11.6 Å². The third-order valence-corrected chi connectivity index (χ3v) is 3.83. The van der Waals surface area contributed by atoms with Gasteiger partial charge in [0.15, 0.2) is 0 Å². The van der Waals surface area contributed by atoms with Crippen molar-refractivity contribution >= 4 is 23.2 Å². The zero-order valence-corrected chi connectivity index (χ0v) is 11.0. The molecule has 18 heavy (non-hydrogen) atoms. The van der Waals surface area contributed by atoms with Crippen LogP contribution in [-0.4, -0.2) is 31.7 Å². The highest BCUT2D eigenvalue weighted by Gasteiger charge is 2.32. The van der Waals surface area contributed by atoms with E-state index < -0.39 is 0 Å². The van der Waals surface area contributed by atoms with Crippen LogP contribution in [0, 0.1) is 6.92 Å². The first-order valence-corrected chi connectivity index (χ1v) is 6.63. The van der Waals surface area contributed by atoms with Gasteiger partial charge in [-0.2, -0.15) is 0 Å². The molecule has 1 aromatic rings. The van der Waals surface area contributed by atoms with Gasteiger partial charge in [-0.3, -0.25) is 4.79 Å². The Morgan fingerprint density at radius 1 is 1.39 bits per heavy atom. The maximum atomic E-state index is 12.2. The Labute approximate surface area is 111 Å². The molecule has 2 aliphatic rings. The molecular weight excluding hydrogens is 250 g/mol. The summed E-state index contributed by atoms with van der Waals surface area (Å²) in [5, 5.41) is 7.12. The third-order valence-electron chi connectivity index (χ3n) is 3.61. The van der Waals surface area contributed by atoms with Crippen molar-refractivity contribution in [1.29, 1.82) is 0 Å². The van der Waals surface area contributed by atoms with Gasteiger partial charge in [-0.1, -0.05) is 11.6 Å². The molecule has 0 unspecified atom stereocenters. The monoisotopic (exact) mass is 265 g/mol. The minimum absolute atomic E-state index is 0.0160. The summed E-state index contributed by atoms with van der Waals surface area (Å²) in [6.45, 7) is 4.67. The molecule has 1 fully saturated rings. The molecule has 0 bridgehead atoms. The first-order chi connectivity index (χ1) is 8.66. The van der Waals surface area contributed by atoms with Crippen LogP contribution in [0.15, 0.2) is 12.1 Å². The van der Waals surface area contributed by atoms with Crippen LogP contribution in [0.5, 0.6) is 0 Å². The van der Waals surface area contributed by atoms with Gasteiger partial charge in [0.1, 0.15) is 6.17 Å². The molecule has 4 nitrogen and oxygen atoms in total. The number of amides is 1. The fourth-order valence-electron chi connectivity index (χ4n) is 2.78. The van der Waals surface area contributed by atoms with Crippen LogP contribution in [0.25, 0.3) is 0 Å².